The third kappa shape index (κ3) is 2.38. The van der Waals surface area contributed by atoms with Crippen molar-refractivity contribution in [2.45, 2.75) is 12.2 Å². The molecule has 1 amide bonds. The van der Waals surface area contributed by atoms with Crippen LogP contribution in [0.15, 0.2) is 0 Å². The molecule has 0 unspecified atom stereocenters. The molecule has 0 aliphatic carbocycles. The van der Waals surface area contributed by atoms with Gasteiger partial charge in [0, 0.05) is 13.1 Å². The van der Waals surface area contributed by atoms with E-state index in [9.17, 15) is 22.0 Å². The largest absolute Gasteiger partial charge is 0.355 e. The van der Waals surface area contributed by atoms with E-state index < -0.39 is 28.2 Å². The van der Waals surface area contributed by atoms with Gasteiger partial charge in [-0.25, -0.2) is 8.42 Å². The standard InChI is InChI=1S/C6H10F2N2O3S/c7-6(8)14(12,13)10-3-1-2-9-5(11)4-10/h6H,1-4H2,(H,9,11). The molecule has 0 radical (unpaired) electrons. The van der Waals surface area contributed by atoms with Crippen molar-refractivity contribution in [1.82, 2.24) is 9.62 Å². The minimum atomic E-state index is -4.62. The zero-order valence-corrected chi connectivity index (χ0v) is 8.06. The SMILES string of the molecule is O=C1CN(S(=O)(=O)C(F)F)CCCN1. The molecule has 0 aromatic carbocycles. The summed E-state index contributed by atoms with van der Waals surface area (Å²) in [5.41, 5.74) is 0. The summed E-state index contributed by atoms with van der Waals surface area (Å²) < 4.78 is 46.7. The first-order valence-corrected chi connectivity index (χ1v) is 5.48. The Morgan fingerprint density at radius 1 is 1.43 bits per heavy atom. The molecule has 1 rings (SSSR count). The lowest BCUT2D eigenvalue weighted by molar-refractivity contribution is -0.120. The minimum Gasteiger partial charge on any atom is -0.355 e. The van der Waals surface area contributed by atoms with Crippen molar-refractivity contribution < 1.29 is 22.0 Å². The van der Waals surface area contributed by atoms with Crippen LogP contribution in [0.4, 0.5) is 8.78 Å². The molecule has 5 nitrogen and oxygen atoms in total. The van der Waals surface area contributed by atoms with E-state index in [0.29, 0.717) is 17.3 Å². The van der Waals surface area contributed by atoms with Gasteiger partial charge in [-0.05, 0) is 6.42 Å². The highest BCUT2D eigenvalue weighted by molar-refractivity contribution is 7.89. The summed E-state index contributed by atoms with van der Waals surface area (Å²) in [4.78, 5) is 10.9. The Morgan fingerprint density at radius 3 is 2.64 bits per heavy atom. The van der Waals surface area contributed by atoms with Gasteiger partial charge >= 0.3 is 5.76 Å². The first kappa shape index (κ1) is 11.3. The second kappa shape index (κ2) is 4.18. The molecule has 1 saturated heterocycles. The van der Waals surface area contributed by atoms with E-state index in [4.69, 9.17) is 0 Å². The minimum absolute atomic E-state index is 0.0502. The van der Waals surface area contributed by atoms with Crippen molar-refractivity contribution in [3.63, 3.8) is 0 Å². The average molecular weight is 228 g/mol. The zero-order chi connectivity index (χ0) is 10.8. The lowest BCUT2D eigenvalue weighted by atomic mass is 10.4. The van der Waals surface area contributed by atoms with Gasteiger partial charge in [0.15, 0.2) is 0 Å². The summed E-state index contributed by atoms with van der Waals surface area (Å²) in [6.07, 6.45) is 0.345. The fourth-order valence-electron chi connectivity index (χ4n) is 1.11. The number of carbonyl (C=O) groups is 1. The second-order valence-corrected chi connectivity index (χ2v) is 4.75. The second-order valence-electron chi connectivity index (χ2n) is 2.84. The predicted molar refractivity (Wildman–Crippen MR) is 44.1 cm³/mol. The van der Waals surface area contributed by atoms with Crippen molar-refractivity contribution >= 4 is 15.9 Å². The Hall–Kier alpha value is -0.760. The van der Waals surface area contributed by atoms with Gasteiger partial charge in [0.25, 0.3) is 10.0 Å². The van der Waals surface area contributed by atoms with Crippen LogP contribution >= 0.6 is 0 Å². The highest BCUT2D eigenvalue weighted by Crippen LogP contribution is 2.12. The quantitative estimate of drug-likeness (QED) is 0.683. The number of rotatable bonds is 2. The monoisotopic (exact) mass is 228 g/mol. The maximum absolute atomic E-state index is 12.1. The van der Waals surface area contributed by atoms with Crippen LogP contribution in [0, 0.1) is 0 Å². The van der Waals surface area contributed by atoms with E-state index in [1.54, 1.807) is 0 Å². The molecule has 0 bridgehead atoms. The molecule has 1 N–H and O–H groups in total. The average Bonchev–Trinajstić information content (AvgIpc) is 2.29. The number of sulfonamides is 1. The molecule has 0 atom stereocenters. The van der Waals surface area contributed by atoms with Gasteiger partial charge < -0.3 is 5.32 Å². The van der Waals surface area contributed by atoms with Crippen LogP contribution in [-0.4, -0.2) is 44.0 Å². The number of nitrogens with one attached hydrogen (secondary N) is 1. The van der Waals surface area contributed by atoms with Crippen molar-refractivity contribution in [2.24, 2.45) is 0 Å². The number of halogens is 2. The Morgan fingerprint density at radius 2 is 2.07 bits per heavy atom. The van der Waals surface area contributed by atoms with Gasteiger partial charge in [0.1, 0.15) is 0 Å². The number of hydrogen-bond acceptors (Lipinski definition) is 3. The van der Waals surface area contributed by atoms with Gasteiger partial charge in [-0.1, -0.05) is 0 Å². The molecule has 1 heterocycles. The van der Waals surface area contributed by atoms with E-state index in [-0.39, 0.29) is 6.54 Å². The van der Waals surface area contributed by atoms with Crippen LogP contribution in [0.25, 0.3) is 0 Å². The van der Waals surface area contributed by atoms with Crippen LogP contribution in [-0.2, 0) is 14.8 Å². The highest BCUT2D eigenvalue weighted by atomic mass is 32.2. The van der Waals surface area contributed by atoms with Crippen molar-refractivity contribution in [1.29, 1.82) is 0 Å². The summed E-state index contributed by atoms with van der Waals surface area (Å²) in [6, 6.07) is 0. The van der Waals surface area contributed by atoms with Gasteiger partial charge in [0.05, 0.1) is 6.54 Å². The van der Waals surface area contributed by atoms with Crippen molar-refractivity contribution in [3.8, 4) is 0 Å². The van der Waals surface area contributed by atoms with E-state index in [1.807, 2.05) is 0 Å². The number of hydrogen-bond donors (Lipinski definition) is 1. The van der Waals surface area contributed by atoms with E-state index in [1.165, 1.54) is 0 Å². The normalized spacial score (nSPS) is 20.6. The van der Waals surface area contributed by atoms with E-state index >= 15 is 0 Å². The third-order valence-electron chi connectivity index (χ3n) is 1.81. The molecule has 82 valence electrons. The summed E-state index contributed by atoms with van der Waals surface area (Å²) in [7, 11) is -4.62. The number of amides is 1. The van der Waals surface area contributed by atoms with Crippen LogP contribution in [0.3, 0.4) is 0 Å². The fourth-order valence-corrected chi connectivity index (χ4v) is 2.01. The molecule has 14 heavy (non-hydrogen) atoms. The van der Waals surface area contributed by atoms with Crippen LogP contribution in [0.1, 0.15) is 6.42 Å². The van der Waals surface area contributed by atoms with Gasteiger partial charge in [0.2, 0.25) is 5.91 Å². The predicted octanol–water partition coefficient (Wildman–Crippen LogP) is -0.639. The Kier molecular flexibility index (Phi) is 3.38. The molecule has 0 aromatic rings. The molecule has 1 aliphatic rings. The van der Waals surface area contributed by atoms with Gasteiger partial charge in [-0.2, -0.15) is 13.1 Å². The summed E-state index contributed by atoms with van der Waals surface area (Å²) in [5.74, 6) is -4.01. The first-order valence-electron chi connectivity index (χ1n) is 3.98. The van der Waals surface area contributed by atoms with Crippen LogP contribution in [0.5, 0.6) is 0 Å². The molecule has 1 fully saturated rings. The number of nitrogens with zero attached hydrogens (tertiary/aromatic N) is 1. The Balaban J connectivity index is 2.81. The molecule has 0 spiro atoms. The molecule has 0 aromatic heterocycles. The highest BCUT2D eigenvalue weighted by Gasteiger charge is 2.33. The topological polar surface area (TPSA) is 66.5 Å². The lowest BCUT2D eigenvalue weighted by Crippen LogP contribution is -2.40. The van der Waals surface area contributed by atoms with Crippen molar-refractivity contribution in [3.05, 3.63) is 0 Å². The number of alkyl halides is 2. The smallest absolute Gasteiger partial charge is 0.350 e. The maximum atomic E-state index is 12.1. The third-order valence-corrected chi connectivity index (χ3v) is 3.29. The Bertz CT molecular complexity index is 317. The molecule has 8 heteroatoms. The summed E-state index contributed by atoms with van der Waals surface area (Å²) >= 11 is 0. The van der Waals surface area contributed by atoms with Crippen molar-refractivity contribution in [2.75, 3.05) is 19.6 Å². The van der Waals surface area contributed by atoms with Crippen LogP contribution in [0.2, 0.25) is 0 Å². The zero-order valence-electron chi connectivity index (χ0n) is 7.24. The van der Waals surface area contributed by atoms with Crippen LogP contribution < -0.4 is 5.32 Å². The number of carbonyl (C=O) groups excluding carboxylic acids is 1. The van der Waals surface area contributed by atoms with Gasteiger partial charge in [-0.3, -0.25) is 4.79 Å². The molecule has 1 aliphatic heterocycles. The fraction of sp³-hybridized carbons (Fsp3) is 0.833. The molecule has 0 saturated carbocycles. The molecular weight excluding hydrogens is 218 g/mol. The summed E-state index contributed by atoms with van der Waals surface area (Å²) in [6.45, 7) is -0.258. The lowest BCUT2D eigenvalue weighted by Gasteiger charge is -2.17. The van der Waals surface area contributed by atoms with E-state index in [2.05, 4.69) is 5.32 Å². The van der Waals surface area contributed by atoms with E-state index in [0.717, 1.165) is 0 Å². The first-order chi connectivity index (χ1) is 6.44. The summed E-state index contributed by atoms with van der Waals surface area (Å²) in [5, 5.41) is 2.40. The maximum Gasteiger partial charge on any atom is 0.350 e. The van der Waals surface area contributed by atoms with Gasteiger partial charge in [-0.15, -0.1) is 0 Å². The Labute approximate surface area is 80.1 Å². The molecular formula is C6H10F2N2O3S.